The lowest BCUT2D eigenvalue weighted by molar-refractivity contribution is 0.0943. The van der Waals surface area contributed by atoms with E-state index in [0.717, 1.165) is 6.42 Å². The number of aromatic nitrogens is 2. The molecule has 0 unspecified atom stereocenters. The lowest BCUT2D eigenvalue weighted by atomic mass is 10.3. The molecule has 1 heterocycles. The molecule has 7 heteroatoms. The van der Waals surface area contributed by atoms with E-state index in [4.69, 9.17) is 4.74 Å². The number of nitrogens with zero attached hydrogens (tertiary/aromatic N) is 1. The lowest BCUT2D eigenvalue weighted by Crippen LogP contribution is -2.28. The Hall–Kier alpha value is -1.34. The molecule has 0 aliphatic rings. The third-order valence-electron chi connectivity index (χ3n) is 2.12. The highest BCUT2D eigenvalue weighted by atomic mass is 32.2. The first-order chi connectivity index (χ1) is 8.67. The Kier molecular flexibility index (Phi) is 6.45. The molecular formula is C11H17N3O3S. The van der Waals surface area contributed by atoms with Gasteiger partial charge in [0.05, 0.1) is 5.75 Å². The summed E-state index contributed by atoms with van der Waals surface area (Å²) in [5.74, 6) is 0.747. The highest BCUT2D eigenvalue weighted by Gasteiger charge is 2.09. The van der Waals surface area contributed by atoms with Crippen molar-refractivity contribution in [1.29, 1.82) is 0 Å². The smallest absolute Gasteiger partial charge is 0.270 e. The Morgan fingerprint density at radius 2 is 2.39 bits per heavy atom. The van der Waals surface area contributed by atoms with E-state index in [0.29, 0.717) is 24.7 Å². The Bertz CT molecular complexity index is 447. The van der Waals surface area contributed by atoms with Crippen molar-refractivity contribution in [2.24, 2.45) is 0 Å². The molecule has 1 rings (SSSR count). The first-order valence-corrected chi connectivity index (χ1v) is 6.93. The van der Waals surface area contributed by atoms with Gasteiger partial charge in [0.15, 0.2) is 0 Å². The Labute approximate surface area is 110 Å². The van der Waals surface area contributed by atoms with Crippen molar-refractivity contribution in [1.82, 2.24) is 15.3 Å². The number of amides is 1. The maximum absolute atomic E-state index is 11.7. The number of hydrogen-bond donors (Lipinski definition) is 2. The molecule has 0 fully saturated rings. The molecule has 18 heavy (non-hydrogen) atoms. The predicted octanol–water partition coefficient (Wildman–Crippen LogP) is 0.399. The average molecular weight is 271 g/mol. The van der Waals surface area contributed by atoms with Crippen LogP contribution in [-0.2, 0) is 10.5 Å². The van der Waals surface area contributed by atoms with Gasteiger partial charge in [-0.3, -0.25) is 9.59 Å². The topological polar surface area (TPSA) is 84.1 Å². The van der Waals surface area contributed by atoms with Crippen molar-refractivity contribution in [3.8, 4) is 0 Å². The molecule has 0 aromatic carbocycles. The summed E-state index contributed by atoms with van der Waals surface area (Å²) in [7, 11) is 1.61. The third kappa shape index (κ3) is 4.89. The lowest BCUT2D eigenvalue weighted by Gasteiger charge is -2.05. The molecule has 1 amide bonds. The van der Waals surface area contributed by atoms with E-state index >= 15 is 0 Å². The van der Waals surface area contributed by atoms with Crippen LogP contribution in [0.1, 0.15) is 22.7 Å². The van der Waals surface area contributed by atoms with E-state index in [9.17, 15) is 9.59 Å². The molecule has 0 aliphatic carbocycles. The van der Waals surface area contributed by atoms with Crippen LogP contribution in [0.2, 0.25) is 0 Å². The summed E-state index contributed by atoms with van der Waals surface area (Å²) in [6.07, 6.45) is 2.63. The number of ether oxygens (including phenoxy) is 1. The van der Waals surface area contributed by atoms with Gasteiger partial charge in [-0.2, -0.15) is 11.8 Å². The minimum absolute atomic E-state index is 0.153. The number of carbonyl (C=O) groups is 1. The Morgan fingerprint density at radius 1 is 1.61 bits per heavy atom. The molecular weight excluding hydrogens is 254 g/mol. The van der Waals surface area contributed by atoms with Crippen LogP contribution in [-0.4, -0.2) is 42.4 Å². The second-order valence-electron chi connectivity index (χ2n) is 3.61. The molecule has 0 saturated heterocycles. The van der Waals surface area contributed by atoms with Crippen LogP contribution >= 0.6 is 11.8 Å². The van der Waals surface area contributed by atoms with Gasteiger partial charge in [0.1, 0.15) is 11.5 Å². The van der Waals surface area contributed by atoms with Crippen molar-refractivity contribution in [3.05, 3.63) is 27.9 Å². The van der Waals surface area contributed by atoms with E-state index in [-0.39, 0.29) is 17.2 Å². The number of H-pyrrole nitrogens is 1. The maximum atomic E-state index is 11.7. The quantitative estimate of drug-likeness (QED) is 0.701. The van der Waals surface area contributed by atoms with E-state index in [1.165, 1.54) is 17.8 Å². The van der Waals surface area contributed by atoms with Gasteiger partial charge in [-0.15, -0.1) is 0 Å². The van der Waals surface area contributed by atoms with Crippen molar-refractivity contribution in [2.45, 2.75) is 12.2 Å². The normalized spacial score (nSPS) is 10.3. The molecule has 0 bridgehead atoms. The number of aromatic amines is 1. The zero-order valence-electron chi connectivity index (χ0n) is 10.5. The van der Waals surface area contributed by atoms with Crippen LogP contribution in [0.5, 0.6) is 0 Å². The Morgan fingerprint density at radius 3 is 3.06 bits per heavy atom. The number of thioether (sulfide) groups is 1. The molecule has 100 valence electrons. The van der Waals surface area contributed by atoms with Crippen LogP contribution in [0.4, 0.5) is 0 Å². The van der Waals surface area contributed by atoms with Crippen LogP contribution in [0.25, 0.3) is 0 Å². The maximum Gasteiger partial charge on any atom is 0.270 e. The SMILES string of the molecule is COCCCNC(=O)c1cc(=O)[nH]c(CSC)n1. The highest BCUT2D eigenvalue weighted by molar-refractivity contribution is 7.97. The molecule has 0 aliphatic heterocycles. The molecule has 0 saturated carbocycles. The third-order valence-corrected chi connectivity index (χ3v) is 2.68. The summed E-state index contributed by atoms with van der Waals surface area (Å²) < 4.78 is 4.87. The monoisotopic (exact) mass is 271 g/mol. The minimum Gasteiger partial charge on any atom is -0.385 e. The first-order valence-electron chi connectivity index (χ1n) is 5.53. The molecule has 1 aromatic heterocycles. The number of carbonyl (C=O) groups excluding carboxylic acids is 1. The van der Waals surface area contributed by atoms with Crippen molar-refractivity contribution < 1.29 is 9.53 Å². The van der Waals surface area contributed by atoms with Crippen molar-refractivity contribution in [3.63, 3.8) is 0 Å². The van der Waals surface area contributed by atoms with Crippen LogP contribution in [0.15, 0.2) is 10.9 Å². The summed E-state index contributed by atoms with van der Waals surface area (Å²) in [4.78, 5) is 29.8. The first kappa shape index (κ1) is 14.7. The summed E-state index contributed by atoms with van der Waals surface area (Å²) in [5.41, 5.74) is -0.156. The van der Waals surface area contributed by atoms with E-state index in [2.05, 4.69) is 15.3 Å². The molecule has 0 radical (unpaired) electrons. The number of hydrogen-bond acceptors (Lipinski definition) is 5. The highest BCUT2D eigenvalue weighted by Crippen LogP contribution is 2.02. The van der Waals surface area contributed by atoms with Gasteiger partial charge in [0, 0.05) is 26.3 Å². The summed E-state index contributed by atoms with van der Waals surface area (Å²) >= 11 is 1.53. The van der Waals surface area contributed by atoms with Crippen LogP contribution < -0.4 is 10.9 Å². The summed E-state index contributed by atoms with van der Waals surface area (Å²) in [6, 6.07) is 1.20. The van der Waals surface area contributed by atoms with E-state index in [1.807, 2.05) is 6.26 Å². The largest absolute Gasteiger partial charge is 0.385 e. The zero-order valence-corrected chi connectivity index (χ0v) is 11.3. The standard InChI is InChI=1S/C11H17N3O3S/c1-17-5-3-4-12-11(16)8-6-10(15)14-9(13-8)7-18-2/h6H,3-5,7H2,1-2H3,(H,12,16)(H,13,14,15). The Balaban J connectivity index is 2.64. The van der Waals surface area contributed by atoms with Crippen molar-refractivity contribution in [2.75, 3.05) is 26.5 Å². The molecule has 2 N–H and O–H groups in total. The molecule has 1 aromatic rings. The van der Waals surface area contributed by atoms with Crippen LogP contribution in [0, 0.1) is 0 Å². The average Bonchev–Trinajstić information content (AvgIpc) is 2.34. The fourth-order valence-corrected chi connectivity index (χ4v) is 1.75. The fourth-order valence-electron chi connectivity index (χ4n) is 1.34. The van der Waals surface area contributed by atoms with E-state index in [1.54, 1.807) is 7.11 Å². The predicted molar refractivity (Wildman–Crippen MR) is 70.9 cm³/mol. The second-order valence-corrected chi connectivity index (χ2v) is 4.48. The number of methoxy groups -OCH3 is 1. The molecule has 0 atom stereocenters. The minimum atomic E-state index is -0.334. The molecule has 6 nitrogen and oxygen atoms in total. The summed E-state index contributed by atoms with van der Waals surface area (Å²) in [5, 5.41) is 2.69. The molecule has 0 spiro atoms. The van der Waals surface area contributed by atoms with E-state index < -0.39 is 0 Å². The van der Waals surface area contributed by atoms with Gasteiger partial charge < -0.3 is 15.0 Å². The van der Waals surface area contributed by atoms with Crippen molar-refractivity contribution >= 4 is 17.7 Å². The second kappa shape index (κ2) is 7.88. The van der Waals surface area contributed by atoms with Gasteiger partial charge in [0.25, 0.3) is 11.5 Å². The van der Waals surface area contributed by atoms with Gasteiger partial charge in [-0.05, 0) is 12.7 Å². The zero-order chi connectivity index (χ0) is 13.4. The van der Waals surface area contributed by atoms with Gasteiger partial charge >= 0.3 is 0 Å². The number of nitrogens with one attached hydrogen (secondary N) is 2. The van der Waals surface area contributed by atoms with Crippen LogP contribution in [0.3, 0.4) is 0 Å². The number of rotatable bonds is 7. The van der Waals surface area contributed by atoms with Gasteiger partial charge in [-0.25, -0.2) is 4.98 Å². The summed E-state index contributed by atoms with van der Waals surface area (Å²) in [6.45, 7) is 1.08. The van der Waals surface area contributed by atoms with Gasteiger partial charge in [0.2, 0.25) is 0 Å². The fraction of sp³-hybridized carbons (Fsp3) is 0.545. The van der Waals surface area contributed by atoms with Gasteiger partial charge in [-0.1, -0.05) is 0 Å².